The summed E-state index contributed by atoms with van der Waals surface area (Å²) >= 11 is 0. The number of nitrogens with two attached hydrogens (primary N) is 1. The minimum absolute atomic E-state index is 0.0131. The predicted molar refractivity (Wildman–Crippen MR) is 89.9 cm³/mol. The highest BCUT2D eigenvalue weighted by molar-refractivity contribution is 6.06. The van der Waals surface area contributed by atoms with E-state index in [0.717, 1.165) is 37.0 Å². The van der Waals surface area contributed by atoms with Crippen molar-refractivity contribution >= 4 is 17.0 Å². The second kappa shape index (κ2) is 5.82. The molecular formula is C17H23N5O2. The summed E-state index contributed by atoms with van der Waals surface area (Å²) < 4.78 is 5.35. The summed E-state index contributed by atoms with van der Waals surface area (Å²) in [7, 11) is 2.06. The number of carbonyl (C=O) groups is 1. The Kier molecular flexibility index (Phi) is 3.77. The zero-order valence-electron chi connectivity index (χ0n) is 14.2. The molecule has 0 radical (unpaired) electrons. The van der Waals surface area contributed by atoms with Crippen LogP contribution in [0.2, 0.25) is 0 Å². The second-order valence-corrected chi connectivity index (χ2v) is 6.97. The van der Waals surface area contributed by atoms with Crippen LogP contribution < -0.4 is 5.73 Å². The van der Waals surface area contributed by atoms with E-state index in [0.29, 0.717) is 36.0 Å². The molecule has 7 heteroatoms. The van der Waals surface area contributed by atoms with Crippen molar-refractivity contribution in [1.29, 1.82) is 0 Å². The third kappa shape index (κ3) is 2.57. The number of aromatic nitrogens is 2. The van der Waals surface area contributed by atoms with Crippen LogP contribution in [0.3, 0.4) is 0 Å². The number of piperazine rings is 1. The highest BCUT2D eigenvalue weighted by atomic mass is 16.5. The molecule has 1 saturated carbocycles. The maximum absolute atomic E-state index is 13.3. The van der Waals surface area contributed by atoms with E-state index in [1.165, 1.54) is 0 Å². The van der Waals surface area contributed by atoms with Crippen LogP contribution in [0, 0.1) is 6.92 Å². The van der Waals surface area contributed by atoms with Crippen LogP contribution in [0.1, 0.15) is 40.5 Å². The highest BCUT2D eigenvalue weighted by Gasteiger charge is 2.33. The lowest BCUT2D eigenvalue weighted by Gasteiger charge is -2.39. The van der Waals surface area contributed by atoms with Gasteiger partial charge in [0.05, 0.1) is 22.7 Å². The van der Waals surface area contributed by atoms with Gasteiger partial charge in [-0.15, -0.1) is 0 Å². The molecule has 1 aliphatic heterocycles. The minimum Gasteiger partial charge on any atom is -0.336 e. The highest BCUT2D eigenvalue weighted by Crippen LogP contribution is 2.40. The molecule has 2 aliphatic rings. The Labute approximate surface area is 140 Å². The maximum atomic E-state index is 13.3. The number of hydrogen-bond donors (Lipinski definition) is 1. The molecule has 1 atom stereocenters. The van der Waals surface area contributed by atoms with Gasteiger partial charge in [0.25, 0.3) is 11.6 Å². The molecule has 1 saturated heterocycles. The third-order valence-electron chi connectivity index (χ3n) is 5.08. The van der Waals surface area contributed by atoms with Gasteiger partial charge in [0.1, 0.15) is 0 Å². The van der Waals surface area contributed by atoms with Crippen molar-refractivity contribution in [3.05, 3.63) is 23.0 Å². The van der Waals surface area contributed by atoms with E-state index >= 15 is 0 Å². The Morgan fingerprint density at radius 1 is 1.42 bits per heavy atom. The van der Waals surface area contributed by atoms with Crippen molar-refractivity contribution in [2.45, 2.75) is 31.7 Å². The van der Waals surface area contributed by atoms with Gasteiger partial charge in [-0.25, -0.2) is 4.98 Å². The summed E-state index contributed by atoms with van der Waals surface area (Å²) in [5, 5.41) is 4.75. The molecule has 2 fully saturated rings. The Hall–Kier alpha value is -1.99. The molecule has 4 rings (SSSR count). The zero-order chi connectivity index (χ0) is 16.8. The van der Waals surface area contributed by atoms with Gasteiger partial charge < -0.3 is 20.1 Å². The fraction of sp³-hybridized carbons (Fsp3) is 0.588. The van der Waals surface area contributed by atoms with Gasteiger partial charge in [-0.1, -0.05) is 5.16 Å². The van der Waals surface area contributed by atoms with E-state index in [-0.39, 0.29) is 11.9 Å². The Balaban J connectivity index is 1.76. The van der Waals surface area contributed by atoms with Gasteiger partial charge in [-0.05, 0) is 32.9 Å². The molecule has 0 bridgehead atoms. The number of nitrogens with zero attached hydrogens (tertiary/aromatic N) is 4. The molecule has 3 heterocycles. The van der Waals surface area contributed by atoms with E-state index < -0.39 is 0 Å². The van der Waals surface area contributed by atoms with Crippen LogP contribution >= 0.6 is 0 Å². The van der Waals surface area contributed by atoms with Crippen LogP contribution in [0.5, 0.6) is 0 Å². The summed E-state index contributed by atoms with van der Waals surface area (Å²) in [5.74, 6) is 0.461. The molecule has 128 valence electrons. The SMILES string of the molecule is Cc1noc2nc(C3CC3)cc(C(=O)N3CCN(C)C[C@@H]3CN)c12. The molecule has 1 amide bonds. The molecule has 0 spiro atoms. The fourth-order valence-electron chi connectivity index (χ4n) is 3.51. The van der Waals surface area contributed by atoms with Crippen molar-refractivity contribution in [1.82, 2.24) is 19.9 Å². The Bertz CT molecular complexity index is 783. The number of hydrogen-bond acceptors (Lipinski definition) is 6. The van der Waals surface area contributed by atoms with E-state index in [2.05, 4.69) is 22.1 Å². The topological polar surface area (TPSA) is 88.5 Å². The first-order valence-corrected chi connectivity index (χ1v) is 8.55. The molecule has 7 nitrogen and oxygen atoms in total. The van der Waals surface area contributed by atoms with E-state index in [1.807, 2.05) is 17.9 Å². The van der Waals surface area contributed by atoms with Gasteiger partial charge in [0, 0.05) is 37.8 Å². The molecule has 0 unspecified atom stereocenters. The largest absolute Gasteiger partial charge is 0.336 e. The number of likely N-dealkylation sites (N-methyl/N-ethyl adjacent to an activating group) is 1. The number of carbonyl (C=O) groups excluding carboxylic acids is 1. The number of aryl methyl sites for hydroxylation is 1. The molecule has 2 aromatic rings. The molecule has 24 heavy (non-hydrogen) atoms. The van der Waals surface area contributed by atoms with Crippen molar-refractivity contribution in [3.63, 3.8) is 0 Å². The first-order chi connectivity index (χ1) is 11.6. The quantitative estimate of drug-likeness (QED) is 0.908. The standard InChI is InChI=1S/C17H23N5O2/c1-10-15-13(7-14(11-3-4-11)19-16(15)24-20-10)17(23)22-6-5-21(2)9-12(22)8-18/h7,11-12H,3-6,8-9,18H2,1-2H3/t12-/m0/s1. The van der Waals surface area contributed by atoms with Crippen LogP contribution in [-0.2, 0) is 0 Å². The monoisotopic (exact) mass is 329 g/mol. The summed E-state index contributed by atoms with van der Waals surface area (Å²) in [6.07, 6.45) is 2.25. The van der Waals surface area contributed by atoms with Crippen LogP contribution in [0.4, 0.5) is 0 Å². The van der Waals surface area contributed by atoms with Crippen molar-refractivity contribution in [2.75, 3.05) is 33.2 Å². The van der Waals surface area contributed by atoms with Gasteiger partial charge in [0.2, 0.25) is 0 Å². The van der Waals surface area contributed by atoms with E-state index in [4.69, 9.17) is 10.3 Å². The van der Waals surface area contributed by atoms with E-state index in [9.17, 15) is 4.79 Å². The number of fused-ring (bicyclic) bond motifs is 1. The van der Waals surface area contributed by atoms with Crippen molar-refractivity contribution < 1.29 is 9.32 Å². The second-order valence-electron chi connectivity index (χ2n) is 6.97. The smallest absolute Gasteiger partial charge is 0.259 e. The zero-order valence-corrected chi connectivity index (χ0v) is 14.2. The lowest BCUT2D eigenvalue weighted by atomic mass is 10.0. The van der Waals surface area contributed by atoms with Gasteiger partial charge in [-0.2, -0.15) is 0 Å². The van der Waals surface area contributed by atoms with Crippen molar-refractivity contribution in [3.8, 4) is 0 Å². The first-order valence-electron chi connectivity index (χ1n) is 8.55. The Morgan fingerprint density at radius 2 is 2.21 bits per heavy atom. The summed E-state index contributed by atoms with van der Waals surface area (Å²) in [6, 6.07) is 1.97. The van der Waals surface area contributed by atoms with Gasteiger partial charge >= 0.3 is 0 Å². The minimum atomic E-state index is 0.0131. The van der Waals surface area contributed by atoms with Crippen LogP contribution in [-0.4, -0.2) is 65.1 Å². The van der Waals surface area contributed by atoms with Gasteiger partial charge in [-0.3, -0.25) is 4.79 Å². The average Bonchev–Trinajstić information content (AvgIpc) is 3.37. The maximum Gasteiger partial charge on any atom is 0.259 e. The molecule has 1 aliphatic carbocycles. The van der Waals surface area contributed by atoms with Crippen LogP contribution in [0.25, 0.3) is 11.1 Å². The van der Waals surface area contributed by atoms with Crippen LogP contribution in [0.15, 0.2) is 10.6 Å². The average molecular weight is 329 g/mol. The van der Waals surface area contributed by atoms with E-state index in [1.54, 1.807) is 0 Å². The summed E-state index contributed by atoms with van der Waals surface area (Å²) in [5.41, 5.74) is 8.70. The number of pyridine rings is 1. The molecule has 2 aromatic heterocycles. The number of rotatable bonds is 3. The summed E-state index contributed by atoms with van der Waals surface area (Å²) in [4.78, 5) is 22.0. The predicted octanol–water partition coefficient (Wildman–Crippen LogP) is 1.12. The third-order valence-corrected chi connectivity index (χ3v) is 5.08. The number of amides is 1. The lowest BCUT2D eigenvalue weighted by Crippen LogP contribution is -2.56. The normalized spacial score (nSPS) is 22.3. The summed E-state index contributed by atoms with van der Waals surface area (Å²) in [6.45, 7) is 4.65. The molecule has 0 aromatic carbocycles. The molecule has 2 N–H and O–H groups in total. The fourth-order valence-corrected chi connectivity index (χ4v) is 3.51. The van der Waals surface area contributed by atoms with Gasteiger partial charge in [0.15, 0.2) is 0 Å². The van der Waals surface area contributed by atoms with Crippen molar-refractivity contribution in [2.24, 2.45) is 5.73 Å². The molecular weight excluding hydrogens is 306 g/mol. The lowest BCUT2D eigenvalue weighted by molar-refractivity contribution is 0.0517. The first kappa shape index (κ1) is 15.5. The Morgan fingerprint density at radius 3 is 2.92 bits per heavy atom.